The van der Waals surface area contributed by atoms with Crippen molar-refractivity contribution in [2.45, 2.75) is 13.3 Å². The van der Waals surface area contributed by atoms with Crippen LogP contribution in [-0.4, -0.2) is 9.97 Å². The molecule has 1 aromatic carbocycles. The van der Waals surface area contributed by atoms with E-state index in [1.54, 1.807) is 12.1 Å². The fourth-order valence-electron chi connectivity index (χ4n) is 1.91. The van der Waals surface area contributed by atoms with Crippen molar-refractivity contribution in [3.63, 3.8) is 0 Å². The van der Waals surface area contributed by atoms with E-state index in [1.807, 2.05) is 6.07 Å². The zero-order chi connectivity index (χ0) is 14.3. The number of benzene rings is 1. The average molecular weight is 327 g/mol. The van der Waals surface area contributed by atoms with Crippen molar-refractivity contribution < 1.29 is 4.39 Å². The van der Waals surface area contributed by atoms with E-state index in [-0.39, 0.29) is 16.4 Å². The Kier molecular flexibility index (Phi) is 3.63. The van der Waals surface area contributed by atoms with Gasteiger partial charge in [-0.2, -0.15) is 0 Å². The molecule has 102 valence electrons. The molecule has 2 nitrogen and oxygen atoms in total. The molecule has 0 aliphatic carbocycles. The number of fused-ring (bicyclic) bond motifs is 1. The highest BCUT2D eigenvalue weighted by molar-refractivity contribution is 7.18. The first-order chi connectivity index (χ1) is 9.60. The van der Waals surface area contributed by atoms with E-state index in [1.165, 1.54) is 22.3 Å². The predicted octanol–water partition coefficient (Wildman–Crippen LogP) is 5.37. The number of halogens is 3. The molecule has 0 N–H and O–H groups in total. The van der Waals surface area contributed by atoms with E-state index in [9.17, 15) is 4.39 Å². The fraction of sp³-hybridized carbons (Fsp3) is 0.143. The second-order valence-electron chi connectivity index (χ2n) is 4.22. The van der Waals surface area contributed by atoms with Gasteiger partial charge in [-0.1, -0.05) is 36.2 Å². The molecular weight excluding hydrogens is 318 g/mol. The Bertz CT molecular complexity index is 801. The predicted molar refractivity (Wildman–Crippen MR) is 82.2 cm³/mol. The van der Waals surface area contributed by atoms with Gasteiger partial charge >= 0.3 is 0 Å². The van der Waals surface area contributed by atoms with Crippen molar-refractivity contribution in [2.24, 2.45) is 0 Å². The Morgan fingerprint density at radius 1 is 1.25 bits per heavy atom. The molecule has 0 amide bonds. The molecule has 6 heteroatoms. The van der Waals surface area contributed by atoms with Crippen LogP contribution < -0.4 is 0 Å². The molecule has 0 aliphatic rings. The van der Waals surface area contributed by atoms with Crippen LogP contribution in [-0.2, 0) is 6.42 Å². The van der Waals surface area contributed by atoms with Gasteiger partial charge in [0.15, 0.2) is 11.6 Å². The largest absolute Gasteiger partial charge is 0.217 e. The quantitative estimate of drug-likeness (QED) is 0.592. The van der Waals surface area contributed by atoms with Crippen LogP contribution >= 0.6 is 34.5 Å². The van der Waals surface area contributed by atoms with Crippen molar-refractivity contribution in [3.05, 3.63) is 45.1 Å². The highest BCUT2D eigenvalue weighted by Crippen LogP contribution is 2.33. The molecule has 3 rings (SSSR count). The van der Waals surface area contributed by atoms with E-state index in [2.05, 4.69) is 16.9 Å². The van der Waals surface area contributed by atoms with Gasteiger partial charge in [0.2, 0.25) is 0 Å². The molecule has 0 atom stereocenters. The van der Waals surface area contributed by atoms with Crippen molar-refractivity contribution >= 4 is 44.8 Å². The summed E-state index contributed by atoms with van der Waals surface area (Å²) in [4.78, 5) is 10.5. The van der Waals surface area contributed by atoms with Gasteiger partial charge in [-0.05, 0) is 24.6 Å². The number of thiophene rings is 1. The minimum absolute atomic E-state index is 0.0442. The summed E-state index contributed by atoms with van der Waals surface area (Å²) >= 11 is 13.5. The normalized spacial score (nSPS) is 11.2. The van der Waals surface area contributed by atoms with Gasteiger partial charge < -0.3 is 0 Å². The molecule has 0 bridgehead atoms. The first kappa shape index (κ1) is 13.7. The standard InChI is InChI=1S/C14H9Cl2FN2S/c1-2-7-6-9-12(16)18-13(19-14(9)20-7)8-4-3-5-10(15)11(8)17/h3-6H,2H2,1H3. The van der Waals surface area contributed by atoms with E-state index in [0.717, 1.165) is 16.6 Å². The molecular formula is C14H9Cl2FN2S. The topological polar surface area (TPSA) is 25.8 Å². The van der Waals surface area contributed by atoms with Gasteiger partial charge in [-0.25, -0.2) is 14.4 Å². The lowest BCUT2D eigenvalue weighted by Crippen LogP contribution is -1.93. The van der Waals surface area contributed by atoms with Gasteiger partial charge in [0, 0.05) is 10.3 Å². The maximum Gasteiger partial charge on any atom is 0.165 e. The zero-order valence-electron chi connectivity index (χ0n) is 10.5. The summed E-state index contributed by atoms with van der Waals surface area (Å²) < 4.78 is 14.0. The minimum atomic E-state index is -0.531. The summed E-state index contributed by atoms with van der Waals surface area (Å²) in [7, 11) is 0. The molecule has 0 radical (unpaired) electrons. The molecule has 0 unspecified atom stereocenters. The second-order valence-corrected chi connectivity index (χ2v) is 6.10. The monoisotopic (exact) mass is 326 g/mol. The molecule has 0 aliphatic heterocycles. The van der Waals surface area contributed by atoms with Gasteiger partial charge in [-0.3, -0.25) is 0 Å². The van der Waals surface area contributed by atoms with Crippen LogP contribution in [0.3, 0.4) is 0 Å². The Labute approximate surface area is 129 Å². The van der Waals surface area contributed by atoms with E-state index >= 15 is 0 Å². The van der Waals surface area contributed by atoms with Crippen LogP contribution in [0.1, 0.15) is 11.8 Å². The van der Waals surface area contributed by atoms with Gasteiger partial charge in [0.05, 0.1) is 10.6 Å². The molecule has 0 saturated carbocycles. The molecule has 2 heterocycles. The molecule has 0 spiro atoms. The first-order valence-electron chi connectivity index (χ1n) is 6.00. The summed E-state index contributed by atoms with van der Waals surface area (Å²) in [6, 6.07) is 6.71. The number of aromatic nitrogens is 2. The fourth-order valence-corrected chi connectivity index (χ4v) is 3.33. The zero-order valence-corrected chi connectivity index (χ0v) is 12.8. The summed E-state index contributed by atoms with van der Waals surface area (Å²) in [5, 5.41) is 1.18. The number of hydrogen-bond donors (Lipinski definition) is 0. The SMILES string of the molecule is CCc1cc2c(Cl)nc(-c3cccc(Cl)c3F)nc2s1. The first-order valence-corrected chi connectivity index (χ1v) is 7.57. The maximum absolute atomic E-state index is 14.0. The third-order valence-electron chi connectivity index (χ3n) is 2.94. The van der Waals surface area contributed by atoms with Crippen LogP contribution in [0.25, 0.3) is 21.6 Å². The maximum atomic E-state index is 14.0. The number of aryl methyl sites for hydroxylation is 1. The van der Waals surface area contributed by atoms with Gasteiger partial charge in [0.1, 0.15) is 9.98 Å². The minimum Gasteiger partial charge on any atom is -0.217 e. The van der Waals surface area contributed by atoms with Crippen LogP contribution in [0, 0.1) is 5.82 Å². The average Bonchev–Trinajstić information content (AvgIpc) is 2.85. The molecule has 0 saturated heterocycles. The van der Waals surface area contributed by atoms with Gasteiger partial charge in [0.25, 0.3) is 0 Å². The molecule has 0 fully saturated rings. The van der Waals surface area contributed by atoms with Crippen molar-refractivity contribution in [1.29, 1.82) is 0 Å². The summed E-state index contributed by atoms with van der Waals surface area (Å²) in [6.07, 6.45) is 0.901. The van der Waals surface area contributed by atoms with Gasteiger partial charge in [-0.15, -0.1) is 11.3 Å². The smallest absolute Gasteiger partial charge is 0.165 e. The summed E-state index contributed by atoms with van der Waals surface area (Å²) in [5.41, 5.74) is 0.257. The molecule has 2 aromatic heterocycles. The third kappa shape index (κ3) is 2.28. The number of rotatable bonds is 2. The van der Waals surface area contributed by atoms with Crippen LogP contribution in [0.2, 0.25) is 10.2 Å². The highest BCUT2D eigenvalue weighted by atomic mass is 35.5. The van der Waals surface area contributed by atoms with Crippen LogP contribution in [0.4, 0.5) is 4.39 Å². The number of hydrogen-bond acceptors (Lipinski definition) is 3. The van der Waals surface area contributed by atoms with Crippen LogP contribution in [0.15, 0.2) is 24.3 Å². The molecule has 3 aromatic rings. The van der Waals surface area contributed by atoms with Crippen LogP contribution in [0.5, 0.6) is 0 Å². The highest BCUT2D eigenvalue weighted by Gasteiger charge is 2.15. The summed E-state index contributed by atoms with van der Waals surface area (Å²) in [6.45, 7) is 2.06. The van der Waals surface area contributed by atoms with Crippen molar-refractivity contribution in [2.75, 3.05) is 0 Å². The lowest BCUT2D eigenvalue weighted by molar-refractivity contribution is 0.630. The lowest BCUT2D eigenvalue weighted by atomic mass is 10.2. The van der Waals surface area contributed by atoms with E-state index in [4.69, 9.17) is 23.2 Å². The Balaban J connectivity index is 2.24. The molecule has 20 heavy (non-hydrogen) atoms. The second kappa shape index (κ2) is 5.28. The Morgan fingerprint density at radius 3 is 2.80 bits per heavy atom. The Morgan fingerprint density at radius 2 is 2.05 bits per heavy atom. The lowest BCUT2D eigenvalue weighted by Gasteiger charge is -2.04. The van der Waals surface area contributed by atoms with Crippen molar-refractivity contribution in [1.82, 2.24) is 9.97 Å². The Hall–Kier alpha value is -1.23. The van der Waals surface area contributed by atoms with E-state index < -0.39 is 5.82 Å². The third-order valence-corrected chi connectivity index (χ3v) is 4.69. The van der Waals surface area contributed by atoms with Crippen molar-refractivity contribution in [3.8, 4) is 11.4 Å². The summed E-state index contributed by atoms with van der Waals surface area (Å²) in [5.74, 6) is -0.274. The van der Waals surface area contributed by atoms with E-state index in [0.29, 0.717) is 5.15 Å². The number of nitrogens with zero attached hydrogens (tertiary/aromatic N) is 2.